The first-order chi connectivity index (χ1) is 8.99. The zero-order valence-corrected chi connectivity index (χ0v) is 9.41. The van der Waals surface area contributed by atoms with Crippen LogP contribution in [0.3, 0.4) is 0 Å². The van der Waals surface area contributed by atoms with E-state index in [0.717, 1.165) is 0 Å². The monoisotopic (exact) mass is 263 g/mol. The van der Waals surface area contributed by atoms with Crippen molar-refractivity contribution in [2.75, 3.05) is 5.73 Å². The Kier molecular flexibility index (Phi) is 2.93. The van der Waals surface area contributed by atoms with Crippen LogP contribution >= 0.6 is 0 Å². The third-order valence-corrected chi connectivity index (χ3v) is 2.07. The number of H-pyrrole nitrogens is 2. The summed E-state index contributed by atoms with van der Waals surface area (Å²) < 4.78 is 0. The number of nitrogens with zero attached hydrogens (tertiary/aromatic N) is 4. The van der Waals surface area contributed by atoms with Gasteiger partial charge in [0.15, 0.2) is 11.5 Å². The lowest BCUT2D eigenvalue weighted by Gasteiger charge is -1.89. The van der Waals surface area contributed by atoms with Crippen LogP contribution in [-0.4, -0.2) is 31.8 Å². The van der Waals surface area contributed by atoms with Crippen molar-refractivity contribution in [3.63, 3.8) is 0 Å². The second-order valence-corrected chi connectivity index (χ2v) is 3.35. The molecule has 2 amide bonds. The molecular formula is C8H9N9O2. The van der Waals surface area contributed by atoms with Crippen LogP contribution in [0.5, 0.6) is 0 Å². The maximum atomic E-state index is 11.0. The van der Waals surface area contributed by atoms with Crippen LogP contribution < -0.4 is 17.2 Å². The molecule has 2 aromatic heterocycles. The van der Waals surface area contributed by atoms with Crippen molar-refractivity contribution in [3.05, 3.63) is 17.7 Å². The molecule has 2 heterocycles. The van der Waals surface area contributed by atoms with Gasteiger partial charge in [0.1, 0.15) is 5.69 Å². The van der Waals surface area contributed by atoms with Crippen molar-refractivity contribution in [1.82, 2.24) is 19.9 Å². The van der Waals surface area contributed by atoms with Crippen LogP contribution in [0, 0.1) is 0 Å². The molecule has 0 unspecified atom stereocenters. The number of aromatic nitrogens is 4. The van der Waals surface area contributed by atoms with Gasteiger partial charge in [0.25, 0.3) is 11.8 Å². The van der Waals surface area contributed by atoms with E-state index in [1.165, 1.54) is 6.33 Å². The Morgan fingerprint density at radius 1 is 1.16 bits per heavy atom. The first-order valence-corrected chi connectivity index (χ1v) is 4.89. The van der Waals surface area contributed by atoms with E-state index in [0.29, 0.717) is 0 Å². The fourth-order valence-electron chi connectivity index (χ4n) is 1.25. The van der Waals surface area contributed by atoms with Crippen LogP contribution in [0.4, 0.5) is 17.6 Å². The van der Waals surface area contributed by atoms with Gasteiger partial charge >= 0.3 is 0 Å². The van der Waals surface area contributed by atoms with Gasteiger partial charge in [-0.25, -0.2) is 4.98 Å². The van der Waals surface area contributed by atoms with Gasteiger partial charge in [-0.1, -0.05) is 0 Å². The molecule has 2 aromatic rings. The Balaban J connectivity index is 2.28. The van der Waals surface area contributed by atoms with E-state index in [1.807, 2.05) is 0 Å². The summed E-state index contributed by atoms with van der Waals surface area (Å²) in [5, 5.41) is 7.29. The molecule has 0 saturated carbocycles. The molecule has 11 nitrogen and oxygen atoms in total. The predicted molar refractivity (Wildman–Crippen MR) is 62.8 cm³/mol. The highest BCUT2D eigenvalue weighted by molar-refractivity contribution is 5.96. The smallest absolute Gasteiger partial charge is 0.269 e. The number of carbonyl (C=O) groups excluding carboxylic acids is 2. The number of imidazole rings is 2. The minimum absolute atomic E-state index is 0.00148. The van der Waals surface area contributed by atoms with Gasteiger partial charge in [-0.2, -0.15) is 4.98 Å². The lowest BCUT2D eigenvalue weighted by molar-refractivity contribution is 0.0988. The molecule has 0 aromatic carbocycles. The van der Waals surface area contributed by atoms with E-state index >= 15 is 0 Å². The highest BCUT2D eigenvalue weighted by Crippen LogP contribution is 2.18. The van der Waals surface area contributed by atoms with E-state index in [9.17, 15) is 9.59 Å². The third kappa shape index (κ3) is 2.38. The Morgan fingerprint density at radius 2 is 1.84 bits per heavy atom. The molecule has 0 fully saturated rings. The number of azo groups is 1. The van der Waals surface area contributed by atoms with Gasteiger partial charge in [-0.3, -0.25) is 9.59 Å². The number of nitrogens with two attached hydrogens (primary N) is 3. The van der Waals surface area contributed by atoms with Gasteiger partial charge in [-0.05, 0) is 0 Å². The average Bonchev–Trinajstić information content (AvgIpc) is 2.92. The fourth-order valence-corrected chi connectivity index (χ4v) is 1.25. The van der Waals surface area contributed by atoms with E-state index < -0.39 is 11.8 Å². The molecular weight excluding hydrogens is 254 g/mol. The topological polar surface area (TPSA) is 194 Å². The van der Waals surface area contributed by atoms with Crippen LogP contribution in [0.1, 0.15) is 21.0 Å². The zero-order valence-electron chi connectivity index (χ0n) is 9.41. The maximum Gasteiger partial charge on any atom is 0.269 e. The summed E-state index contributed by atoms with van der Waals surface area (Å²) in [5.41, 5.74) is 15.5. The summed E-state index contributed by atoms with van der Waals surface area (Å²) in [6, 6.07) is 0. The number of carbonyl (C=O) groups is 2. The summed E-state index contributed by atoms with van der Waals surface area (Å²) >= 11 is 0. The molecule has 0 aliphatic heterocycles. The molecule has 0 radical (unpaired) electrons. The van der Waals surface area contributed by atoms with Gasteiger partial charge in [0, 0.05) is 0 Å². The van der Waals surface area contributed by atoms with Gasteiger partial charge in [0.05, 0.1) is 6.33 Å². The van der Waals surface area contributed by atoms with Crippen molar-refractivity contribution in [1.29, 1.82) is 0 Å². The van der Waals surface area contributed by atoms with Crippen molar-refractivity contribution < 1.29 is 9.59 Å². The molecule has 0 aliphatic rings. The molecule has 0 aliphatic carbocycles. The van der Waals surface area contributed by atoms with Crippen molar-refractivity contribution in [3.8, 4) is 0 Å². The molecule has 0 spiro atoms. The highest BCUT2D eigenvalue weighted by Gasteiger charge is 2.13. The number of aromatic amines is 2. The first-order valence-electron chi connectivity index (χ1n) is 4.89. The fraction of sp³-hybridized carbons (Fsp3) is 0. The minimum atomic E-state index is -0.774. The summed E-state index contributed by atoms with van der Waals surface area (Å²) in [7, 11) is 0. The van der Waals surface area contributed by atoms with E-state index in [2.05, 4.69) is 30.2 Å². The molecule has 98 valence electrons. The molecule has 11 heteroatoms. The lowest BCUT2D eigenvalue weighted by atomic mass is 10.4. The maximum absolute atomic E-state index is 11.0. The summed E-state index contributed by atoms with van der Waals surface area (Å²) in [5.74, 6) is -1.67. The SMILES string of the molecule is NC(=O)c1[nH]c(/N=N/c2nc[nH]c2C(N)=O)nc1N. The van der Waals surface area contributed by atoms with Crippen LogP contribution in [0.15, 0.2) is 16.6 Å². The summed E-state index contributed by atoms with van der Waals surface area (Å²) in [6.45, 7) is 0. The number of primary amides is 2. The number of hydrogen-bond donors (Lipinski definition) is 5. The number of hydrogen-bond acceptors (Lipinski definition) is 7. The summed E-state index contributed by atoms with van der Waals surface area (Å²) in [4.78, 5) is 34.3. The Bertz CT molecular complexity index is 668. The van der Waals surface area contributed by atoms with Gasteiger partial charge in [-0.15, -0.1) is 10.2 Å². The van der Waals surface area contributed by atoms with E-state index in [1.54, 1.807) is 0 Å². The first kappa shape index (κ1) is 12.2. The molecule has 19 heavy (non-hydrogen) atoms. The quantitative estimate of drug-likeness (QED) is 0.455. The average molecular weight is 263 g/mol. The van der Waals surface area contributed by atoms with Crippen LogP contribution in [0.2, 0.25) is 0 Å². The Morgan fingerprint density at radius 3 is 2.42 bits per heavy atom. The zero-order chi connectivity index (χ0) is 14.0. The normalized spacial score (nSPS) is 10.9. The second-order valence-electron chi connectivity index (χ2n) is 3.35. The van der Waals surface area contributed by atoms with Crippen LogP contribution in [0.25, 0.3) is 0 Å². The molecule has 8 N–H and O–H groups in total. The standard InChI is InChI=1S/C8H9N9O2/c9-4-2(5(10)18)14-8(15-4)17-16-7-3(6(11)19)12-1-13-7/h1H,9H2,(H2,10,18)(H2,11,19)(H,12,13)(H,14,15)/b17-16+. The van der Waals surface area contributed by atoms with E-state index in [-0.39, 0.29) is 29.0 Å². The van der Waals surface area contributed by atoms with Gasteiger partial charge in [0.2, 0.25) is 11.8 Å². The summed E-state index contributed by atoms with van der Waals surface area (Å²) in [6.07, 6.45) is 1.24. The van der Waals surface area contributed by atoms with Crippen molar-refractivity contribution >= 4 is 29.4 Å². The second kappa shape index (κ2) is 4.56. The van der Waals surface area contributed by atoms with Crippen molar-refractivity contribution in [2.45, 2.75) is 0 Å². The third-order valence-electron chi connectivity index (χ3n) is 2.07. The Labute approximate surface area is 105 Å². The van der Waals surface area contributed by atoms with Crippen molar-refractivity contribution in [2.24, 2.45) is 21.7 Å². The lowest BCUT2D eigenvalue weighted by Crippen LogP contribution is -2.13. The van der Waals surface area contributed by atoms with Crippen LogP contribution in [-0.2, 0) is 0 Å². The Hall–Kier alpha value is -3.24. The number of amides is 2. The number of anilines is 1. The highest BCUT2D eigenvalue weighted by atomic mass is 16.1. The number of nitrogen functional groups attached to an aromatic ring is 1. The number of nitrogens with one attached hydrogen (secondary N) is 2. The predicted octanol–water partition coefficient (Wildman–Crippen LogP) is -0.672. The number of rotatable bonds is 4. The van der Waals surface area contributed by atoms with E-state index in [4.69, 9.17) is 17.2 Å². The van der Waals surface area contributed by atoms with Gasteiger partial charge < -0.3 is 27.2 Å². The molecule has 0 atom stereocenters. The minimum Gasteiger partial charge on any atom is -0.382 e. The molecule has 0 saturated heterocycles. The molecule has 2 rings (SSSR count). The largest absolute Gasteiger partial charge is 0.382 e. The molecule has 0 bridgehead atoms.